The summed E-state index contributed by atoms with van der Waals surface area (Å²) >= 11 is 0. The highest BCUT2D eigenvalue weighted by molar-refractivity contribution is 7.77. The normalized spacial score (nSPS) is 16.2. The zero-order valence-electron chi connectivity index (χ0n) is 7.15. The summed E-state index contributed by atoms with van der Waals surface area (Å²) in [6.07, 6.45) is 0. The maximum atomic E-state index is 11.5. The summed E-state index contributed by atoms with van der Waals surface area (Å²) in [4.78, 5) is 26.6. The third kappa shape index (κ3) is 3.37. The largest absolute Gasteiger partial charge is 0.341 e. The van der Waals surface area contributed by atoms with E-state index in [-0.39, 0.29) is 5.30 Å². The summed E-state index contributed by atoms with van der Waals surface area (Å²) in [5.74, 6) is -1.01. The predicted octanol–water partition coefficient (Wildman–Crippen LogP) is 0.717. The summed E-state index contributed by atoms with van der Waals surface area (Å²) in [7, 11) is -8.40. The smallest absolute Gasteiger partial charge is 0.335 e. The molecule has 1 aromatic rings. The van der Waals surface area contributed by atoms with Crippen molar-refractivity contribution in [2.75, 3.05) is 5.90 Å². The van der Waals surface area contributed by atoms with E-state index in [1.165, 1.54) is 24.3 Å². The first kappa shape index (κ1) is 11.6. The van der Waals surface area contributed by atoms with Gasteiger partial charge in [-0.1, -0.05) is 18.2 Å². The van der Waals surface area contributed by atoms with Gasteiger partial charge in [0.1, 0.15) is 5.90 Å². The van der Waals surface area contributed by atoms with Crippen LogP contribution in [0.15, 0.2) is 30.3 Å². The van der Waals surface area contributed by atoms with Crippen LogP contribution < -0.4 is 5.30 Å². The summed E-state index contributed by atoms with van der Waals surface area (Å²) < 4.78 is 22.1. The van der Waals surface area contributed by atoms with Gasteiger partial charge in [-0.15, -0.1) is 0 Å². The highest BCUT2D eigenvalue weighted by atomic mass is 31.2. The van der Waals surface area contributed by atoms with Crippen LogP contribution in [0.25, 0.3) is 0 Å². The molecule has 14 heavy (non-hydrogen) atoms. The van der Waals surface area contributed by atoms with Crippen LogP contribution in [0.4, 0.5) is 0 Å². The average molecular weight is 236 g/mol. The van der Waals surface area contributed by atoms with Gasteiger partial charge >= 0.3 is 7.60 Å². The second-order valence-corrected chi connectivity index (χ2v) is 7.22. The molecule has 1 unspecified atom stereocenters. The fourth-order valence-electron chi connectivity index (χ4n) is 0.992. The lowest BCUT2D eigenvalue weighted by Gasteiger charge is -2.12. The molecule has 0 fully saturated rings. The van der Waals surface area contributed by atoms with Gasteiger partial charge < -0.3 is 14.7 Å². The molecule has 1 atom stereocenters. The first-order chi connectivity index (χ1) is 6.31. The molecule has 1 aromatic carbocycles. The molecule has 0 amide bonds. The van der Waals surface area contributed by atoms with Gasteiger partial charge in [-0.25, -0.2) is 0 Å². The second-order valence-electron chi connectivity index (χ2n) is 2.84. The van der Waals surface area contributed by atoms with E-state index >= 15 is 0 Å². The van der Waals surface area contributed by atoms with Crippen LogP contribution in [-0.2, 0) is 9.13 Å². The van der Waals surface area contributed by atoms with Gasteiger partial charge in [-0.05, 0) is 12.1 Å². The number of hydrogen-bond acceptors (Lipinski definition) is 2. The van der Waals surface area contributed by atoms with Crippen LogP contribution in [0.3, 0.4) is 0 Å². The Morgan fingerprint density at radius 3 is 1.93 bits per heavy atom. The van der Waals surface area contributed by atoms with E-state index in [0.717, 1.165) is 0 Å². The third-order valence-electron chi connectivity index (χ3n) is 1.54. The van der Waals surface area contributed by atoms with E-state index < -0.39 is 20.9 Å². The molecule has 0 spiro atoms. The minimum atomic E-state index is -4.47. The van der Waals surface area contributed by atoms with Gasteiger partial charge in [0.25, 0.3) is 0 Å². The molecular formula is C7H10O5P2. The van der Waals surface area contributed by atoms with Gasteiger partial charge in [0.15, 0.2) is 0 Å². The Balaban J connectivity index is 2.98. The first-order valence-corrected chi connectivity index (χ1v) is 7.37. The Morgan fingerprint density at radius 2 is 1.50 bits per heavy atom. The highest BCUT2D eigenvalue weighted by Crippen LogP contribution is 2.53. The summed E-state index contributed by atoms with van der Waals surface area (Å²) in [5, 5.41) is 0.0586. The minimum absolute atomic E-state index is 0.0586. The first-order valence-electron chi connectivity index (χ1n) is 3.73. The van der Waals surface area contributed by atoms with Crippen molar-refractivity contribution in [3.8, 4) is 0 Å². The molecule has 0 heterocycles. The zero-order chi connectivity index (χ0) is 10.8. The SMILES string of the molecule is O=P(O)(O)CP(=O)(O)c1ccccc1. The van der Waals surface area contributed by atoms with Gasteiger partial charge in [-0.2, -0.15) is 0 Å². The Morgan fingerprint density at radius 1 is 1.00 bits per heavy atom. The van der Waals surface area contributed by atoms with Gasteiger partial charge in [0.2, 0.25) is 7.37 Å². The summed E-state index contributed by atoms with van der Waals surface area (Å²) in [6, 6.07) is 7.48. The topological polar surface area (TPSA) is 94.8 Å². The molecule has 0 aromatic heterocycles. The van der Waals surface area contributed by atoms with Crippen LogP contribution in [0, 0.1) is 0 Å². The molecule has 78 valence electrons. The highest BCUT2D eigenvalue weighted by Gasteiger charge is 2.30. The fraction of sp³-hybridized carbons (Fsp3) is 0.143. The zero-order valence-corrected chi connectivity index (χ0v) is 8.94. The molecular weight excluding hydrogens is 226 g/mol. The summed E-state index contributed by atoms with van der Waals surface area (Å²) in [5.41, 5.74) is 0. The van der Waals surface area contributed by atoms with Crippen LogP contribution in [-0.4, -0.2) is 20.6 Å². The maximum absolute atomic E-state index is 11.5. The van der Waals surface area contributed by atoms with Gasteiger partial charge in [0.05, 0.1) is 0 Å². The molecule has 0 aliphatic rings. The lowest BCUT2D eigenvalue weighted by atomic mass is 10.4. The second kappa shape index (κ2) is 3.97. The molecule has 7 heteroatoms. The van der Waals surface area contributed by atoms with Crippen molar-refractivity contribution < 1.29 is 23.8 Å². The van der Waals surface area contributed by atoms with Crippen molar-refractivity contribution in [2.24, 2.45) is 0 Å². The Kier molecular flexibility index (Phi) is 3.30. The molecule has 1 rings (SSSR count). The van der Waals surface area contributed by atoms with Gasteiger partial charge in [-0.3, -0.25) is 9.13 Å². The predicted molar refractivity (Wildman–Crippen MR) is 52.8 cm³/mol. The van der Waals surface area contributed by atoms with E-state index in [1.54, 1.807) is 6.07 Å². The Hall–Kier alpha value is -0.440. The van der Waals surface area contributed by atoms with Crippen LogP contribution in [0.1, 0.15) is 0 Å². The van der Waals surface area contributed by atoms with E-state index in [1.807, 2.05) is 0 Å². The number of hydrogen-bond donors (Lipinski definition) is 3. The summed E-state index contributed by atoms with van der Waals surface area (Å²) in [6.45, 7) is 0. The van der Waals surface area contributed by atoms with E-state index in [2.05, 4.69) is 0 Å². The van der Waals surface area contributed by atoms with Gasteiger partial charge in [0, 0.05) is 5.30 Å². The van der Waals surface area contributed by atoms with Crippen molar-refractivity contribution in [1.29, 1.82) is 0 Å². The molecule has 0 radical (unpaired) electrons. The Labute approximate surface area is 81.0 Å². The standard InChI is InChI=1S/C7H10O5P2/c8-13(9,6-14(10,11)12)7-4-2-1-3-5-7/h1-5H,6H2,(H,8,9)(H2,10,11,12). The van der Waals surface area contributed by atoms with E-state index in [0.29, 0.717) is 0 Å². The number of rotatable bonds is 3. The quantitative estimate of drug-likeness (QED) is 0.672. The molecule has 0 aliphatic carbocycles. The maximum Gasteiger partial charge on any atom is 0.335 e. The molecule has 3 N–H and O–H groups in total. The molecule has 0 bridgehead atoms. The van der Waals surface area contributed by atoms with Crippen LogP contribution in [0.2, 0.25) is 0 Å². The molecule has 0 aliphatic heterocycles. The van der Waals surface area contributed by atoms with Crippen molar-refractivity contribution in [2.45, 2.75) is 0 Å². The lowest BCUT2D eigenvalue weighted by Crippen LogP contribution is -2.06. The lowest BCUT2D eigenvalue weighted by molar-refractivity contribution is 0.376. The minimum Gasteiger partial charge on any atom is -0.341 e. The van der Waals surface area contributed by atoms with Crippen molar-refractivity contribution in [3.63, 3.8) is 0 Å². The number of benzene rings is 1. The van der Waals surface area contributed by atoms with Crippen molar-refractivity contribution in [1.82, 2.24) is 0 Å². The van der Waals surface area contributed by atoms with Crippen molar-refractivity contribution >= 4 is 20.3 Å². The third-order valence-corrected chi connectivity index (χ3v) is 5.65. The molecule has 5 nitrogen and oxygen atoms in total. The monoisotopic (exact) mass is 236 g/mol. The molecule has 0 saturated heterocycles. The van der Waals surface area contributed by atoms with Crippen molar-refractivity contribution in [3.05, 3.63) is 30.3 Å². The van der Waals surface area contributed by atoms with E-state index in [9.17, 15) is 14.0 Å². The Bertz CT molecular complexity index is 396. The fourth-order valence-corrected chi connectivity index (χ4v) is 4.28. The van der Waals surface area contributed by atoms with Crippen LogP contribution >= 0.6 is 15.0 Å². The molecule has 0 saturated carbocycles. The van der Waals surface area contributed by atoms with Crippen LogP contribution in [0.5, 0.6) is 0 Å². The van der Waals surface area contributed by atoms with E-state index in [4.69, 9.17) is 9.79 Å². The average Bonchev–Trinajstić information content (AvgIpc) is 2.01.